The van der Waals surface area contributed by atoms with Gasteiger partial charge in [0.2, 0.25) is 0 Å². The zero-order chi connectivity index (χ0) is 10.7. The predicted molar refractivity (Wildman–Crippen MR) is 56.6 cm³/mol. The monoisotopic (exact) mass is 222 g/mol. The minimum atomic E-state index is 0.327. The Kier molecular flexibility index (Phi) is 2.93. The second kappa shape index (κ2) is 4.37. The SMILES string of the molecule is CSc1cc(-n2cnc(CN)n2)ncn1. The molecule has 0 spiro atoms. The van der Waals surface area contributed by atoms with Gasteiger partial charge in [-0.05, 0) is 6.26 Å². The third-order valence-corrected chi connectivity index (χ3v) is 2.43. The summed E-state index contributed by atoms with van der Waals surface area (Å²) in [6.07, 6.45) is 5.05. The Morgan fingerprint density at radius 2 is 2.27 bits per heavy atom. The lowest BCUT2D eigenvalue weighted by Crippen LogP contribution is -2.02. The topological polar surface area (TPSA) is 82.5 Å². The molecule has 0 atom stereocenters. The Morgan fingerprint density at radius 1 is 1.40 bits per heavy atom. The molecule has 0 saturated carbocycles. The highest BCUT2D eigenvalue weighted by Crippen LogP contribution is 2.12. The Bertz CT molecular complexity index is 454. The molecule has 0 radical (unpaired) electrons. The van der Waals surface area contributed by atoms with Crippen molar-refractivity contribution in [1.82, 2.24) is 24.7 Å². The molecule has 0 bridgehead atoms. The van der Waals surface area contributed by atoms with Gasteiger partial charge in [-0.3, -0.25) is 0 Å². The molecule has 0 fully saturated rings. The van der Waals surface area contributed by atoms with Gasteiger partial charge in [0.1, 0.15) is 17.7 Å². The van der Waals surface area contributed by atoms with Crippen molar-refractivity contribution in [2.45, 2.75) is 11.6 Å². The van der Waals surface area contributed by atoms with Crippen LogP contribution in [0.5, 0.6) is 0 Å². The van der Waals surface area contributed by atoms with E-state index in [-0.39, 0.29) is 0 Å². The molecule has 0 aliphatic rings. The molecule has 2 N–H and O–H groups in total. The molecule has 7 heteroatoms. The molecule has 0 saturated heterocycles. The number of nitrogens with zero attached hydrogens (tertiary/aromatic N) is 5. The van der Waals surface area contributed by atoms with E-state index in [2.05, 4.69) is 20.1 Å². The lowest BCUT2D eigenvalue weighted by atomic mass is 10.6. The average Bonchev–Trinajstić information content (AvgIpc) is 2.78. The molecule has 0 unspecified atom stereocenters. The fraction of sp³-hybridized carbons (Fsp3) is 0.250. The van der Waals surface area contributed by atoms with E-state index in [0.29, 0.717) is 18.2 Å². The summed E-state index contributed by atoms with van der Waals surface area (Å²) < 4.78 is 1.59. The van der Waals surface area contributed by atoms with Gasteiger partial charge >= 0.3 is 0 Å². The molecule has 2 heterocycles. The highest BCUT2D eigenvalue weighted by atomic mass is 32.2. The largest absolute Gasteiger partial charge is 0.324 e. The minimum absolute atomic E-state index is 0.327. The van der Waals surface area contributed by atoms with E-state index in [1.165, 1.54) is 6.33 Å². The van der Waals surface area contributed by atoms with E-state index in [1.54, 1.807) is 22.8 Å². The second-order valence-corrected chi connectivity index (χ2v) is 3.55. The van der Waals surface area contributed by atoms with Crippen molar-refractivity contribution in [3.05, 3.63) is 24.5 Å². The van der Waals surface area contributed by atoms with Crippen LogP contribution in [0, 0.1) is 0 Å². The fourth-order valence-corrected chi connectivity index (χ4v) is 1.44. The van der Waals surface area contributed by atoms with Gasteiger partial charge in [0.15, 0.2) is 11.6 Å². The van der Waals surface area contributed by atoms with Crippen LogP contribution in [0.25, 0.3) is 5.82 Å². The van der Waals surface area contributed by atoms with Crippen LogP contribution in [0.2, 0.25) is 0 Å². The maximum absolute atomic E-state index is 5.42. The van der Waals surface area contributed by atoms with Crippen molar-refractivity contribution in [2.75, 3.05) is 6.26 Å². The third-order valence-electron chi connectivity index (χ3n) is 1.79. The fourth-order valence-electron chi connectivity index (χ4n) is 1.07. The average molecular weight is 222 g/mol. The van der Waals surface area contributed by atoms with Crippen molar-refractivity contribution in [2.24, 2.45) is 5.73 Å². The predicted octanol–water partition coefficient (Wildman–Crippen LogP) is 0.238. The van der Waals surface area contributed by atoms with Gasteiger partial charge in [-0.15, -0.1) is 16.9 Å². The molecule has 15 heavy (non-hydrogen) atoms. The summed E-state index contributed by atoms with van der Waals surface area (Å²) in [4.78, 5) is 12.2. The highest BCUT2D eigenvalue weighted by Gasteiger charge is 2.03. The van der Waals surface area contributed by atoms with Crippen molar-refractivity contribution in [1.29, 1.82) is 0 Å². The Morgan fingerprint density at radius 3 is 2.93 bits per heavy atom. The number of rotatable bonds is 3. The Labute approximate surface area is 90.9 Å². The summed E-state index contributed by atoms with van der Waals surface area (Å²) >= 11 is 1.55. The molecular formula is C8H10N6S. The van der Waals surface area contributed by atoms with Gasteiger partial charge in [-0.25, -0.2) is 19.6 Å². The maximum Gasteiger partial charge on any atom is 0.164 e. The van der Waals surface area contributed by atoms with E-state index in [0.717, 1.165) is 5.03 Å². The first-order chi connectivity index (χ1) is 7.33. The van der Waals surface area contributed by atoms with E-state index in [4.69, 9.17) is 5.73 Å². The van der Waals surface area contributed by atoms with E-state index in [9.17, 15) is 0 Å². The Hall–Kier alpha value is -1.47. The number of hydrogen-bond donors (Lipinski definition) is 1. The van der Waals surface area contributed by atoms with Crippen LogP contribution >= 0.6 is 11.8 Å². The van der Waals surface area contributed by atoms with Crippen LogP contribution in [-0.4, -0.2) is 31.0 Å². The molecule has 6 nitrogen and oxygen atoms in total. The lowest BCUT2D eigenvalue weighted by molar-refractivity contribution is 0.796. The van der Waals surface area contributed by atoms with E-state index >= 15 is 0 Å². The van der Waals surface area contributed by atoms with Gasteiger partial charge in [-0.1, -0.05) is 0 Å². The first-order valence-electron chi connectivity index (χ1n) is 4.30. The van der Waals surface area contributed by atoms with Crippen LogP contribution in [0.1, 0.15) is 5.82 Å². The van der Waals surface area contributed by atoms with Gasteiger partial charge in [0.05, 0.1) is 6.54 Å². The first kappa shape index (κ1) is 10.1. The number of thioether (sulfide) groups is 1. The number of aromatic nitrogens is 5. The van der Waals surface area contributed by atoms with Crippen molar-refractivity contribution < 1.29 is 0 Å². The van der Waals surface area contributed by atoms with Gasteiger partial charge < -0.3 is 5.73 Å². The summed E-state index contributed by atoms with van der Waals surface area (Å²) in [5.74, 6) is 1.29. The zero-order valence-electron chi connectivity index (χ0n) is 8.16. The molecule has 78 valence electrons. The summed E-state index contributed by atoms with van der Waals surface area (Å²) in [5.41, 5.74) is 5.42. The van der Waals surface area contributed by atoms with Crippen molar-refractivity contribution >= 4 is 11.8 Å². The molecule has 0 aliphatic carbocycles. The van der Waals surface area contributed by atoms with Gasteiger partial charge in [-0.2, -0.15) is 0 Å². The van der Waals surface area contributed by atoms with Crippen LogP contribution in [-0.2, 0) is 6.54 Å². The maximum atomic E-state index is 5.42. The van der Waals surface area contributed by atoms with Crippen LogP contribution in [0.3, 0.4) is 0 Å². The normalized spacial score (nSPS) is 10.5. The lowest BCUT2D eigenvalue weighted by Gasteiger charge is -1.99. The summed E-state index contributed by atoms with van der Waals surface area (Å²) in [6.45, 7) is 0.327. The summed E-state index contributed by atoms with van der Waals surface area (Å²) in [6, 6.07) is 1.85. The molecule has 0 aromatic carbocycles. The van der Waals surface area contributed by atoms with Crippen LogP contribution < -0.4 is 5.73 Å². The minimum Gasteiger partial charge on any atom is -0.324 e. The number of nitrogens with two attached hydrogens (primary N) is 1. The van der Waals surface area contributed by atoms with Gasteiger partial charge in [0.25, 0.3) is 0 Å². The second-order valence-electron chi connectivity index (χ2n) is 2.73. The number of hydrogen-bond acceptors (Lipinski definition) is 6. The Balaban J connectivity index is 2.35. The molecule has 0 amide bonds. The van der Waals surface area contributed by atoms with E-state index < -0.39 is 0 Å². The van der Waals surface area contributed by atoms with Crippen LogP contribution in [0.4, 0.5) is 0 Å². The zero-order valence-corrected chi connectivity index (χ0v) is 8.98. The first-order valence-corrected chi connectivity index (χ1v) is 5.53. The summed E-state index contributed by atoms with van der Waals surface area (Å²) in [7, 11) is 0. The molecule has 2 aromatic rings. The molecule has 2 aromatic heterocycles. The quantitative estimate of drug-likeness (QED) is 0.591. The molecule has 0 aliphatic heterocycles. The molecule has 2 rings (SSSR count). The smallest absolute Gasteiger partial charge is 0.164 e. The van der Waals surface area contributed by atoms with E-state index in [1.807, 2.05) is 12.3 Å². The van der Waals surface area contributed by atoms with Gasteiger partial charge in [0, 0.05) is 6.07 Å². The third kappa shape index (κ3) is 2.13. The standard InChI is InChI=1S/C8H10N6S/c1-15-8-2-7(10-4-11-8)14-5-12-6(3-9)13-14/h2,4-5H,3,9H2,1H3. The van der Waals surface area contributed by atoms with Crippen LogP contribution in [0.15, 0.2) is 23.7 Å². The molecular weight excluding hydrogens is 212 g/mol. The summed E-state index contributed by atoms with van der Waals surface area (Å²) in [5, 5.41) is 5.05. The van der Waals surface area contributed by atoms with Crippen molar-refractivity contribution in [3.63, 3.8) is 0 Å². The van der Waals surface area contributed by atoms with Crippen molar-refractivity contribution in [3.8, 4) is 5.82 Å². The highest BCUT2D eigenvalue weighted by molar-refractivity contribution is 7.98.